The van der Waals surface area contributed by atoms with Gasteiger partial charge < -0.3 is 29.0 Å². The number of urea groups is 1. The molecule has 1 N–H and O–H groups in total. The average Bonchev–Trinajstić information content (AvgIpc) is 3.22. The van der Waals surface area contributed by atoms with E-state index in [0.29, 0.717) is 62.3 Å². The SMILES string of the molecule is O=C(Nc1ccc2c(c1)OCCO2)N1CCN(C(=O)c2ccco2)CC1. The van der Waals surface area contributed by atoms with Gasteiger partial charge in [-0.1, -0.05) is 0 Å². The van der Waals surface area contributed by atoms with E-state index in [1.54, 1.807) is 40.1 Å². The highest BCUT2D eigenvalue weighted by Gasteiger charge is 2.26. The van der Waals surface area contributed by atoms with Gasteiger partial charge in [0, 0.05) is 37.9 Å². The summed E-state index contributed by atoms with van der Waals surface area (Å²) in [5, 5.41) is 2.86. The van der Waals surface area contributed by atoms with Gasteiger partial charge in [-0.25, -0.2) is 4.79 Å². The molecule has 0 radical (unpaired) electrons. The quantitative estimate of drug-likeness (QED) is 0.889. The van der Waals surface area contributed by atoms with E-state index in [1.807, 2.05) is 0 Å². The van der Waals surface area contributed by atoms with Crippen molar-refractivity contribution in [2.75, 3.05) is 44.7 Å². The van der Waals surface area contributed by atoms with Crippen molar-refractivity contribution in [1.82, 2.24) is 9.80 Å². The number of fused-ring (bicyclic) bond motifs is 1. The molecule has 0 unspecified atom stereocenters. The van der Waals surface area contributed by atoms with E-state index < -0.39 is 0 Å². The summed E-state index contributed by atoms with van der Waals surface area (Å²) in [6.45, 7) is 2.88. The van der Waals surface area contributed by atoms with Crippen molar-refractivity contribution in [3.63, 3.8) is 0 Å². The first-order chi connectivity index (χ1) is 12.7. The fourth-order valence-electron chi connectivity index (χ4n) is 2.99. The number of anilines is 1. The van der Waals surface area contributed by atoms with Crippen LogP contribution in [0.2, 0.25) is 0 Å². The minimum atomic E-state index is -0.202. The molecule has 26 heavy (non-hydrogen) atoms. The number of hydrogen-bond acceptors (Lipinski definition) is 5. The van der Waals surface area contributed by atoms with Crippen molar-refractivity contribution < 1.29 is 23.5 Å². The van der Waals surface area contributed by atoms with Gasteiger partial charge in [0.05, 0.1) is 6.26 Å². The number of rotatable bonds is 2. The highest BCUT2D eigenvalue weighted by Crippen LogP contribution is 2.32. The van der Waals surface area contributed by atoms with Crippen molar-refractivity contribution in [3.8, 4) is 11.5 Å². The number of piperazine rings is 1. The zero-order valence-electron chi connectivity index (χ0n) is 14.1. The lowest BCUT2D eigenvalue weighted by atomic mass is 10.2. The molecule has 2 aromatic rings. The van der Waals surface area contributed by atoms with Crippen LogP contribution in [0.4, 0.5) is 10.5 Å². The number of carbonyl (C=O) groups is 2. The van der Waals surface area contributed by atoms with E-state index in [1.165, 1.54) is 6.26 Å². The molecule has 8 heteroatoms. The third kappa shape index (κ3) is 3.30. The van der Waals surface area contributed by atoms with Gasteiger partial charge in [-0.3, -0.25) is 4.79 Å². The number of nitrogens with zero attached hydrogens (tertiary/aromatic N) is 2. The number of amides is 3. The minimum absolute atomic E-state index is 0.151. The van der Waals surface area contributed by atoms with E-state index in [4.69, 9.17) is 13.9 Å². The molecular formula is C18H19N3O5. The van der Waals surface area contributed by atoms with E-state index in [9.17, 15) is 9.59 Å². The Morgan fingerprint density at radius 2 is 1.65 bits per heavy atom. The Bertz CT molecular complexity index is 797. The molecule has 1 aromatic carbocycles. The van der Waals surface area contributed by atoms with Crippen LogP contribution in [-0.4, -0.2) is 61.1 Å². The van der Waals surface area contributed by atoms with Crippen molar-refractivity contribution in [2.24, 2.45) is 0 Å². The topological polar surface area (TPSA) is 84.3 Å². The van der Waals surface area contributed by atoms with Gasteiger partial charge in [-0.05, 0) is 24.3 Å². The molecule has 136 valence electrons. The van der Waals surface area contributed by atoms with Crippen molar-refractivity contribution in [3.05, 3.63) is 42.4 Å². The summed E-state index contributed by atoms with van der Waals surface area (Å²) in [5.74, 6) is 1.48. The molecule has 0 aliphatic carbocycles. The van der Waals surface area contributed by atoms with Gasteiger partial charge in [0.25, 0.3) is 5.91 Å². The number of furan rings is 1. The molecule has 0 atom stereocenters. The second-order valence-electron chi connectivity index (χ2n) is 6.05. The first kappa shape index (κ1) is 16.3. The number of benzene rings is 1. The minimum Gasteiger partial charge on any atom is -0.486 e. The van der Waals surface area contributed by atoms with Crippen LogP contribution in [0.15, 0.2) is 41.0 Å². The predicted molar refractivity (Wildman–Crippen MR) is 92.6 cm³/mol. The molecule has 8 nitrogen and oxygen atoms in total. The lowest BCUT2D eigenvalue weighted by molar-refractivity contribution is 0.0640. The van der Waals surface area contributed by atoms with Gasteiger partial charge in [0.15, 0.2) is 17.3 Å². The molecule has 0 saturated carbocycles. The fraction of sp³-hybridized carbons (Fsp3) is 0.333. The summed E-state index contributed by atoms with van der Waals surface area (Å²) in [6, 6.07) is 8.44. The number of nitrogens with one attached hydrogen (secondary N) is 1. The Kier molecular flexibility index (Phi) is 4.39. The molecule has 1 fully saturated rings. The van der Waals surface area contributed by atoms with Crippen LogP contribution >= 0.6 is 0 Å². The molecule has 1 saturated heterocycles. The van der Waals surface area contributed by atoms with E-state index in [0.717, 1.165) is 0 Å². The summed E-state index contributed by atoms with van der Waals surface area (Å²) in [6.07, 6.45) is 1.48. The first-order valence-corrected chi connectivity index (χ1v) is 8.49. The Labute approximate surface area is 150 Å². The average molecular weight is 357 g/mol. The van der Waals surface area contributed by atoms with Gasteiger partial charge in [-0.2, -0.15) is 0 Å². The van der Waals surface area contributed by atoms with Gasteiger partial charge in [0.1, 0.15) is 13.2 Å². The molecule has 0 bridgehead atoms. The lowest BCUT2D eigenvalue weighted by Gasteiger charge is -2.34. The lowest BCUT2D eigenvalue weighted by Crippen LogP contribution is -2.51. The molecule has 0 spiro atoms. The normalized spacial score (nSPS) is 16.3. The maximum atomic E-state index is 12.5. The van der Waals surface area contributed by atoms with Crippen LogP contribution in [0, 0.1) is 0 Å². The molecule has 1 aromatic heterocycles. The van der Waals surface area contributed by atoms with E-state index >= 15 is 0 Å². The molecule has 2 aliphatic heterocycles. The second-order valence-corrected chi connectivity index (χ2v) is 6.05. The van der Waals surface area contributed by atoms with Crippen molar-refractivity contribution >= 4 is 17.6 Å². The van der Waals surface area contributed by atoms with Gasteiger partial charge in [-0.15, -0.1) is 0 Å². The number of ether oxygens (including phenoxy) is 2. The van der Waals surface area contributed by atoms with Crippen LogP contribution in [0.25, 0.3) is 0 Å². The number of carbonyl (C=O) groups excluding carboxylic acids is 2. The fourth-order valence-corrected chi connectivity index (χ4v) is 2.99. The second kappa shape index (κ2) is 6.99. The molecule has 2 aliphatic rings. The van der Waals surface area contributed by atoms with Gasteiger partial charge >= 0.3 is 6.03 Å². The maximum absolute atomic E-state index is 12.5. The van der Waals surface area contributed by atoms with E-state index in [2.05, 4.69) is 5.32 Å². The van der Waals surface area contributed by atoms with Crippen molar-refractivity contribution in [2.45, 2.75) is 0 Å². The summed E-state index contributed by atoms with van der Waals surface area (Å²) in [7, 11) is 0. The Hall–Kier alpha value is -3.16. The zero-order chi connectivity index (χ0) is 17.9. The molecule has 3 heterocycles. The standard InChI is InChI=1S/C18H19N3O5/c22-17(15-2-1-9-24-15)20-5-7-21(8-6-20)18(23)19-13-3-4-14-16(12-13)26-11-10-25-14/h1-4,9,12H,5-8,10-11H2,(H,19,23). The zero-order valence-corrected chi connectivity index (χ0v) is 14.1. The van der Waals surface area contributed by atoms with Crippen LogP contribution in [0.5, 0.6) is 11.5 Å². The maximum Gasteiger partial charge on any atom is 0.321 e. The van der Waals surface area contributed by atoms with Crippen LogP contribution < -0.4 is 14.8 Å². The third-order valence-electron chi connectivity index (χ3n) is 4.38. The predicted octanol–water partition coefficient (Wildman–Crippen LogP) is 2.04. The van der Waals surface area contributed by atoms with Crippen LogP contribution in [0.3, 0.4) is 0 Å². The molecule has 4 rings (SSSR count). The highest BCUT2D eigenvalue weighted by molar-refractivity contribution is 5.92. The van der Waals surface area contributed by atoms with Crippen molar-refractivity contribution in [1.29, 1.82) is 0 Å². The van der Waals surface area contributed by atoms with E-state index in [-0.39, 0.29) is 11.9 Å². The summed E-state index contributed by atoms with van der Waals surface area (Å²) >= 11 is 0. The molecule has 3 amide bonds. The summed E-state index contributed by atoms with van der Waals surface area (Å²) in [5.41, 5.74) is 0.647. The Balaban J connectivity index is 1.33. The first-order valence-electron chi connectivity index (χ1n) is 8.49. The summed E-state index contributed by atoms with van der Waals surface area (Å²) in [4.78, 5) is 28.1. The highest BCUT2D eigenvalue weighted by atomic mass is 16.6. The largest absolute Gasteiger partial charge is 0.486 e. The molecular weight excluding hydrogens is 338 g/mol. The Morgan fingerprint density at radius 1 is 0.923 bits per heavy atom. The smallest absolute Gasteiger partial charge is 0.321 e. The summed E-state index contributed by atoms with van der Waals surface area (Å²) < 4.78 is 16.1. The Morgan fingerprint density at radius 3 is 2.38 bits per heavy atom. The van der Waals surface area contributed by atoms with Crippen LogP contribution in [0.1, 0.15) is 10.6 Å². The van der Waals surface area contributed by atoms with Crippen LogP contribution in [-0.2, 0) is 0 Å². The monoisotopic (exact) mass is 357 g/mol. The number of hydrogen-bond donors (Lipinski definition) is 1. The van der Waals surface area contributed by atoms with Gasteiger partial charge in [0.2, 0.25) is 0 Å². The third-order valence-corrected chi connectivity index (χ3v) is 4.38.